The summed E-state index contributed by atoms with van der Waals surface area (Å²) in [7, 11) is 1.34. The van der Waals surface area contributed by atoms with Crippen molar-refractivity contribution in [3.8, 4) is 5.75 Å². The molecule has 112 valence electrons. The third-order valence-corrected chi connectivity index (χ3v) is 2.89. The average Bonchev–Trinajstić information content (AvgIpc) is 2.45. The minimum absolute atomic E-state index is 0.0737. The predicted octanol–water partition coefficient (Wildman–Crippen LogP) is -0.791. The van der Waals surface area contributed by atoms with E-state index in [2.05, 4.69) is 5.32 Å². The van der Waals surface area contributed by atoms with Crippen LogP contribution in [0.25, 0.3) is 0 Å². The van der Waals surface area contributed by atoms with Crippen LogP contribution in [0.3, 0.4) is 0 Å². The van der Waals surface area contributed by atoms with E-state index < -0.39 is 37.1 Å². The first kappa shape index (κ1) is 16.4. The molecular weight excluding hydrogens is 269 g/mol. The first-order valence-electron chi connectivity index (χ1n) is 5.96. The van der Waals surface area contributed by atoms with E-state index in [4.69, 9.17) is 20.1 Å². The Labute approximate surface area is 115 Å². The smallest absolute Gasteiger partial charge is 0.225 e. The fraction of sp³-hybridized carbons (Fsp3) is 0.462. The SMILES string of the molecule is COc1ccc(CC(=O)NC(CO)(CO)CO)cc1F. The molecule has 0 unspecified atom stereocenters. The first-order valence-corrected chi connectivity index (χ1v) is 5.96. The molecule has 7 heteroatoms. The highest BCUT2D eigenvalue weighted by atomic mass is 19.1. The Morgan fingerprint density at radius 1 is 1.30 bits per heavy atom. The van der Waals surface area contributed by atoms with Crippen molar-refractivity contribution in [1.29, 1.82) is 0 Å². The molecule has 0 aromatic heterocycles. The maximum atomic E-state index is 13.5. The fourth-order valence-electron chi connectivity index (χ4n) is 1.61. The molecule has 1 aromatic rings. The van der Waals surface area contributed by atoms with Gasteiger partial charge < -0.3 is 25.4 Å². The Balaban J connectivity index is 2.73. The lowest BCUT2D eigenvalue weighted by molar-refractivity contribution is -0.124. The second-order valence-corrected chi connectivity index (χ2v) is 4.45. The summed E-state index contributed by atoms with van der Waals surface area (Å²) < 4.78 is 18.2. The van der Waals surface area contributed by atoms with Gasteiger partial charge in [-0.15, -0.1) is 0 Å². The number of ether oxygens (including phenoxy) is 1. The minimum atomic E-state index is -1.48. The molecule has 1 aromatic carbocycles. The van der Waals surface area contributed by atoms with Gasteiger partial charge >= 0.3 is 0 Å². The Bertz CT molecular complexity index is 454. The summed E-state index contributed by atoms with van der Waals surface area (Å²) in [6, 6.07) is 4.09. The monoisotopic (exact) mass is 287 g/mol. The van der Waals surface area contributed by atoms with Gasteiger partial charge in [0, 0.05) is 0 Å². The summed E-state index contributed by atoms with van der Waals surface area (Å²) in [5.41, 5.74) is -1.08. The van der Waals surface area contributed by atoms with Gasteiger partial charge in [-0.05, 0) is 17.7 Å². The van der Waals surface area contributed by atoms with Gasteiger partial charge in [0.05, 0.1) is 33.4 Å². The molecule has 0 aliphatic rings. The van der Waals surface area contributed by atoms with E-state index in [1.807, 2.05) is 0 Å². The number of carbonyl (C=O) groups excluding carboxylic acids is 1. The summed E-state index contributed by atoms with van der Waals surface area (Å²) in [5, 5.41) is 29.6. The van der Waals surface area contributed by atoms with E-state index in [9.17, 15) is 9.18 Å². The highest BCUT2D eigenvalue weighted by molar-refractivity contribution is 5.79. The third kappa shape index (κ3) is 3.89. The van der Waals surface area contributed by atoms with Crippen molar-refractivity contribution in [1.82, 2.24) is 5.32 Å². The summed E-state index contributed by atoms with van der Waals surface area (Å²) in [4.78, 5) is 11.8. The Morgan fingerprint density at radius 3 is 2.35 bits per heavy atom. The normalized spacial score (nSPS) is 11.2. The van der Waals surface area contributed by atoms with Crippen molar-refractivity contribution in [2.45, 2.75) is 12.0 Å². The van der Waals surface area contributed by atoms with E-state index in [0.717, 1.165) is 6.07 Å². The molecule has 0 radical (unpaired) electrons. The molecule has 0 heterocycles. The van der Waals surface area contributed by atoms with Crippen LogP contribution in [0, 0.1) is 5.82 Å². The van der Waals surface area contributed by atoms with E-state index in [-0.39, 0.29) is 12.2 Å². The van der Waals surface area contributed by atoms with Gasteiger partial charge in [-0.2, -0.15) is 0 Å². The van der Waals surface area contributed by atoms with Crippen LogP contribution in [0.5, 0.6) is 5.75 Å². The van der Waals surface area contributed by atoms with Gasteiger partial charge in [-0.1, -0.05) is 6.07 Å². The molecule has 0 spiro atoms. The predicted molar refractivity (Wildman–Crippen MR) is 68.8 cm³/mol. The highest BCUT2D eigenvalue weighted by Crippen LogP contribution is 2.18. The highest BCUT2D eigenvalue weighted by Gasteiger charge is 2.29. The number of hydrogen-bond acceptors (Lipinski definition) is 5. The summed E-state index contributed by atoms with van der Waals surface area (Å²) in [6.45, 7) is -1.83. The van der Waals surface area contributed by atoms with Gasteiger partial charge in [-0.25, -0.2) is 4.39 Å². The molecule has 6 nitrogen and oxygen atoms in total. The van der Waals surface area contributed by atoms with Crippen molar-refractivity contribution < 1.29 is 29.2 Å². The number of aliphatic hydroxyl groups is 3. The number of nitrogens with one attached hydrogen (secondary N) is 1. The van der Waals surface area contributed by atoms with E-state index in [1.165, 1.54) is 19.2 Å². The quantitative estimate of drug-likeness (QED) is 0.527. The van der Waals surface area contributed by atoms with Crippen molar-refractivity contribution in [3.63, 3.8) is 0 Å². The maximum absolute atomic E-state index is 13.5. The second kappa shape index (κ2) is 7.18. The molecule has 0 fully saturated rings. The second-order valence-electron chi connectivity index (χ2n) is 4.45. The van der Waals surface area contributed by atoms with Crippen LogP contribution >= 0.6 is 0 Å². The standard InChI is InChI=1S/C13H18FNO5/c1-20-11-3-2-9(4-10(11)14)5-12(19)15-13(6-16,7-17)8-18/h2-4,16-18H,5-8H2,1H3,(H,15,19). The number of rotatable bonds is 7. The number of amides is 1. The lowest BCUT2D eigenvalue weighted by atomic mass is 10.0. The topological polar surface area (TPSA) is 99.0 Å². The zero-order valence-electron chi connectivity index (χ0n) is 11.1. The number of carbonyl (C=O) groups is 1. The molecule has 20 heavy (non-hydrogen) atoms. The van der Waals surface area contributed by atoms with Gasteiger partial charge in [0.25, 0.3) is 0 Å². The number of hydrogen-bond donors (Lipinski definition) is 4. The zero-order valence-corrected chi connectivity index (χ0v) is 11.1. The molecule has 0 atom stereocenters. The fourth-order valence-corrected chi connectivity index (χ4v) is 1.61. The van der Waals surface area contributed by atoms with Gasteiger partial charge in [0.2, 0.25) is 5.91 Å². The molecule has 0 bridgehead atoms. The van der Waals surface area contributed by atoms with Crippen molar-refractivity contribution in [3.05, 3.63) is 29.6 Å². The van der Waals surface area contributed by atoms with Gasteiger partial charge in [0.1, 0.15) is 5.54 Å². The van der Waals surface area contributed by atoms with Crippen LogP contribution in [0.4, 0.5) is 4.39 Å². The molecule has 1 rings (SSSR count). The van der Waals surface area contributed by atoms with Gasteiger partial charge in [0.15, 0.2) is 11.6 Å². The molecule has 0 aliphatic carbocycles. The number of halogens is 1. The lowest BCUT2D eigenvalue weighted by Gasteiger charge is -2.28. The average molecular weight is 287 g/mol. The summed E-state index contributed by atoms with van der Waals surface area (Å²) in [5.74, 6) is -1.06. The Hall–Kier alpha value is -1.70. The van der Waals surface area contributed by atoms with E-state index in [1.54, 1.807) is 0 Å². The number of aliphatic hydroxyl groups excluding tert-OH is 3. The van der Waals surface area contributed by atoms with Crippen molar-refractivity contribution in [2.24, 2.45) is 0 Å². The van der Waals surface area contributed by atoms with Crippen LogP contribution in [-0.4, -0.2) is 53.7 Å². The summed E-state index contributed by atoms with van der Waals surface area (Å²) in [6.07, 6.45) is -0.150. The molecule has 0 saturated heterocycles. The lowest BCUT2D eigenvalue weighted by Crippen LogP contribution is -2.57. The largest absolute Gasteiger partial charge is 0.494 e. The summed E-state index contributed by atoms with van der Waals surface area (Å²) >= 11 is 0. The Morgan fingerprint density at radius 2 is 1.90 bits per heavy atom. The minimum Gasteiger partial charge on any atom is -0.494 e. The van der Waals surface area contributed by atoms with Crippen LogP contribution in [0.1, 0.15) is 5.56 Å². The zero-order chi connectivity index (χ0) is 15.2. The molecule has 0 aliphatic heterocycles. The molecular formula is C13H18FNO5. The van der Waals surface area contributed by atoms with Crippen molar-refractivity contribution in [2.75, 3.05) is 26.9 Å². The third-order valence-electron chi connectivity index (χ3n) is 2.89. The van der Waals surface area contributed by atoms with E-state index >= 15 is 0 Å². The molecule has 1 amide bonds. The van der Waals surface area contributed by atoms with Gasteiger partial charge in [-0.3, -0.25) is 4.79 Å². The molecule has 4 N–H and O–H groups in total. The molecule has 0 saturated carbocycles. The van der Waals surface area contributed by atoms with Crippen LogP contribution in [0.2, 0.25) is 0 Å². The maximum Gasteiger partial charge on any atom is 0.225 e. The Kier molecular flexibility index (Phi) is 5.87. The number of methoxy groups -OCH3 is 1. The van der Waals surface area contributed by atoms with Crippen LogP contribution in [-0.2, 0) is 11.2 Å². The van der Waals surface area contributed by atoms with Crippen molar-refractivity contribution >= 4 is 5.91 Å². The van der Waals surface area contributed by atoms with E-state index in [0.29, 0.717) is 5.56 Å². The number of benzene rings is 1. The van der Waals surface area contributed by atoms with Crippen LogP contribution < -0.4 is 10.1 Å². The first-order chi connectivity index (χ1) is 9.50. The van der Waals surface area contributed by atoms with Crippen LogP contribution in [0.15, 0.2) is 18.2 Å².